The smallest absolute Gasteiger partial charge is 0.416 e. The molecule has 1 fully saturated rings. The predicted octanol–water partition coefficient (Wildman–Crippen LogP) is 5.45. The summed E-state index contributed by atoms with van der Waals surface area (Å²) in [7, 11) is 1.19. The topological polar surface area (TPSA) is 115 Å². The lowest BCUT2D eigenvalue weighted by molar-refractivity contribution is -0.137. The number of anilines is 3. The van der Waals surface area contributed by atoms with Crippen LogP contribution in [-0.2, 0) is 15.8 Å². The first-order chi connectivity index (χ1) is 17.8. The molecule has 0 bridgehead atoms. The number of alkyl halides is 3. The quantitative estimate of drug-likeness (QED) is 0.289. The van der Waals surface area contributed by atoms with Crippen LogP contribution in [-0.4, -0.2) is 29.8 Å². The molecule has 4 rings (SSSR count). The van der Waals surface area contributed by atoms with Crippen LogP contribution in [0.15, 0.2) is 36.4 Å². The molecule has 0 aliphatic heterocycles. The molecule has 0 spiro atoms. The van der Waals surface area contributed by atoms with E-state index in [1.54, 1.807) is 0 Å². The van der Waals surface area contributed by atoms with Crippen molar-refractivity contribution in [2.75, 3.05) is 17.3 Å². The normalized spacial score (nSPS) is 14.1. The van der Waals surface area contributed by atoms with Gasteiger partial charge in [-0.25, -0.2) is 9.37 Å². The molecular weight excluding hydrogens is 552 g/mol. The standard InChI is InChI=1S/C24H19ClF4N4O4S/c1-11-18(19(34)32-15-10-12(24(27,28)29)6-7-13(15)25)38-22(31-11)33(21(36)23(8-9-23)20(30)35)16-5-3-4-14(26)17(16)37-2/h3-7,10H,8-9H2,1-2H3,(H2,30,35)(H,32,34). The fourth-order valence-corrected chi connectivity index (χ4v) is 4.88. The molecule has 0 unspecified atom stereocenters. The largest absolute Gasteiger partial charge is 0.492 e. The molecule has 8 nitrogen and oxygen atoms in total. The lowest BCUT2D eigenvalue weighted by atomic mass is 10.0. The number of thiazole rings is 1. The van der Waals surface area contributed by atoms with E-state index in [2.05, 4.69) is 10.3 Å². The minimum absolute atomic E-state index is 0.0643. The van der Waals surface area contributed by atoms with Crippen LogP contribution in [0.2, 0.25) is 5.02 Å². The van der Waals surface area contributed by atoms with Gasteiger partial charge in [-0.05, 0) is 50.1 Å². The van der Waals surface area contributed by atoms with E-state index in [4.69, 9.17) is 22.1 Å². The molecule has 0 radical (unpaired) electrons. The maximum atomic E-state index is 14.5. The Balaban J connectivity index is 1.76. The Kier molecular flexibility index (Phi) is 7.10. The highest BCUT2D eigenvalue weighted by Crippen LogP contribution is 2.51. The molecule has 0 saturated heterocycles. The van der Waals surface area contributed by atoms with E-state index in [9.17, 15) is 31.9 Å². The maximum Gasteiger partial charge on any atom is 0.416 e. The van der Waals surface area contributed by atoms with Crippen LogP contribution in [0.1, 0.15) is 33.8 Å². The first kappa shape index (κ1) is 27.3. The van der Waals surface area contributed by atoms with E-state index in [0.717, 1.165) is 23.1 Å². The predicted molar refractivity (Wildman–Crippen MR) is 132 cm³/mol. The highest BCUT2D eigenvalue weighted by molar-refractivity contribution is 7.18. The molecule has 3 aromatic rings. The number of amides is 3. The molecular formula is C24H19ClF4N4O4S. The molecule has 14 heteroatoms. The number of nitrogens with zero attached hydrogens (tertiary/aromatic N) is 2. The monoisotopic (exact) mass is 570 g/mol. The lowest BCUT2D eigenvalue weighted by Gasteiger charge is -2.25. The number of rotatable bonds is 7. The van der Waals surface area contributed by atoms with Crippen molar-refractivity contribution in [3.05, 3.63) is 63.4 Å². The number of methoxy groups -OCH3 is 1. The molecule has 3 amide bonds. The van der Waals surface area contributed by atoms with Gasteiger partial charge >= 0.3 is 6.18 Å². The minimum Gasteiger partial charge on any atom is -0.492 e. The van der Waals surface area contributed by atoms with Crippen LogP contribution in [0, 0.1) is 18.2 Å². The zero-order valence-electron chi connectivity index (χ0n) is 19.8. The Morgan fingerprint density at radius 2 is 1.89 bits per heavy atom. The molecule has 1 aliphatic rings. The minimum atomic E-state index is -4.66. The Labute approximate surface area is 222 Å². The van der Waals surface area contributed by atoms with Crippen molar-refractivity contribution in [1.82, 2.24) is 4.98 Å². The third kappa shape index (κ3) is 4.90. The van der Waals surface area contributed by atoms with E-state index in [-0.39, 0.29) is 50.7 Å². The van der Waals surface area contributed by atoms with Gasteiger partial charge in [0, 0.05) is 0 Å². The van der Waals surface area contributed by atoms with E-state index in [0.29, 0.717) is 17.4 Å². The number of aryl methyl sites for hydroxylation is 1. The molecule has 1 heterocycles. The Hall–Kier alpha value is -3.71. The van der Waals surface area contributed by atoms with Gasteiger partial charge < -0.3 is 15.8 Å². The molecule has 2 aromatic carbocycles. The third-order valence-electron chi connectivity index (χ3n) is 5.95. The SMILES string of the molecule is COc1c(F)cccc1N(C(=O)C1(C(N)=O)CC1)c1nc(C)c(C(=O)Nc2cc(C(F)(F)F)ccc2Cl)s1. The Morgan fingerprint density at radius 3 is 2.47 bits per heavy atom. The lowest BCUT2D eigenvalue weighted by Crippen LogP contribution is -2.41. The van der Waals surface area contributed by atoms with Crippen LogP contribution in [0.25, 0.3) is 0 Å². The number of hydrogen-bond acceptors (Lipinski definition) is 6. The van der Waals surface area contributed by atoms with Crippen molar-refractivity contribution in [3.63, 3.8) is 0 Å². The summed E-state index contributed by atoms with van der Waals surface area (Å²) in [6.45, 7) is 1.44. The van der Waals surface area contributed by atoms with Crippen LogP contribution in [0.3, 0.4) is 0 Å². The van der Waals surface area contributed by atoms with Crippen molar-refractivity contribution in [2.24, 2.45) is 11.1 Å². The van der Waals surface area contributed by atoms with Crippen molar-refractivity contribution in [3.8, 4) is 5.75 Å². The molecule has 1 saturated carbocycles. The number of nitrogens with two attached hydrogens (primary N) is 1. The van der Waals surface area contributed by atoms with Crippen molar-refractivity contribution >= 4 is 57.2 Å². The summed E-state index contributed by atoms with van der Waals surface area (Å²) in [6, 6.07) is 6.26. The van der Waals surface area contributed by atoms with E-state index in [1.165, 1.54) is 26.2 Å². The van der Waals surface area contributed by atoms with Crippen LogP contribution >= 0.6 is 22.9 Å². The molecule has 0 atom stereocenters. The van der Waals surface area contributed by atoms with Crippen LogP contribution in [0.4, 0.5) is 34.1 Å². The van der Waals surface area contributed by atoms with Gasteiger partial charge in [-0.2, -0.15) is 13.2 Å². The highest BCUT2D eigenvalue weighted by Gasteiger charge is 2.58. The van der Waals surface area contributed by atoms with Gasteiger partial charge in [-0.1, -0.05) is 29.0 Å². The summed E-state index contributed by atoms with van der Waals surface area (Å²) in [5.74, 6) is -3.60. The van der Waals surface area contributed by atoms with E-state index in [1.807, 2.05) is 0 Å². The fraction of sp³-hybridized carbons (Fsp3) is 0.250. The van der Waals surface area contributed by atoms with E-state index < -0.39 is 40.7 Å². The van der Waals surface area contributed by atoms with Crippen molar-refractivity contribution in [1.29, 1.82) is 0 Å². The summed E-state index contributed by atoms with van der Waals surface area (Å²) in [6.07, 6.45) is -4.33. The molecule has 1 aliphatic carbocycles. The number of nitrogens with one attached hydrogen (secondary N) is 1. The summed E-state index contributed by atoms with van der Waals surface area (Å²) >= 11 is 6.69. The Morgan fingerprint density at radius 1 is 1.21 bits per heavy atom. The average Bonchev–Trinajstić information content (AvgIpc) is 3.57. The van der Waals surface area contributed by atoms with Crippen molar-refractivity contribution in [2.45, 2.75) is 25.9 Å². The van der Waals surface area contributed by atoms with Gasteiger partial charge in [0.25, 0.3) is 5.91 Å². The first-order valence-electron chi connectivity index (χ1n) is 10.9. The van der Waals surface area contributed by atoms with E-state index >= 15 is 0 Å². The van der Waals surface area contributed by atoms with Gasteiger partial charge in [-0.15, -0.1) is 0 Å². The maximum absolute atomic E-state index is 14.5. The molecule has 1 aromatic heterocycles. The summed E-state index contributed by atoms with van der Waals surface area (Å²) < 4.78 is 59.1. The summed E-state index contributed by atoms with van der Waals surface area (Å²) in [5, 5.41) is 2.09. The second-order valence-electron chi connectivity index (χ2n) is 8.44. The molecule has 38 heavy (non-hydrogen) atoms. The number of carbonyl (C=O) groups excluding carboxylic acids is 3. The zero-order chi connectivity index (χ0) is 28.0. The zero-order valence-corrected chi connectivity index (χ0v) is 21.4. The highest BCUT2D eigenvalue weighted by atomic mass is 35.5. The van der Waals surface area contributed by atoms with Gasteiger partial charge in [-0.3, -0.25) is 19.3 Å². The number of primary amides is 1. The van der Waals surface area contributed by atoms with Crippen molar-refractivity contribution < 1.29 is 36.7 Å². The van der Waals surface area contributed by atoms with Crippen LogP contribution in [0.5, 0.6) is 5.75 Å². The van der Waals surface area contributed by atoms with Gasteiger partial charge in [0.05, 0.1) is 34.8 Å². The Bertz CT molecular complexity index is 1460. The first-order valence-corrected chi connectivity index (χ1v) is 12.1. The number of benzene rings is 2. The second-order valence-corrected chi connectivity index (χ2v) is 9.82. The molecule has 200 valence electrons. The van der Waals surface area contributed by atoms with Gasteiger partial charge in [0.1, 0.15) is 10.3 Å². The average molecular weight is 571 g/mol. The number of halogens is 5. The number of carbonyl (C=O) groups is 3. The van der Waals surface area contributed by atoms with Gasteiger partial charge in [0.2, 0.25) is 11.8 Å². The number of hydrogen-bond donors (Lipinski definition) is 2. The number of para-hydroxylation sites is 1. The number of aromatic nitrogens is 1. The van der Waals surface area contributed by atoms with Crippen LogP contribution < -0.4 is 20.7 Å². The summed E-state index contributed by atoms with van der Waals surface area (Å²) in [4.78, 5) is 43.9. The summed E-state index contributed by atoms with van der Waals surface area (Å²) in [5.41, 5.74) is 2.68. The van der Waals surface area contributed by atoms with Gasteiger partial charge in [0.15, 0.2) is 16.7 Å². The number of ether oxygens (including phenoxy) is 1. The second kappa shape index (κ2) is 9.87. The fourth-order valence-electron chi connectivity index (χ4n) is 3.74. The third-order valence-corrected chi connectivity index (χ3v) is 7.42. The molecule has 3 N–H and O–H groups in total.